The molecule has 1 aliphatic heterocycles. The van der Waals surface area contributed by atoms with Crippen LogP contribution in [0.4, 0.5) is 4.79 Å². The number of rotatable bonds is 6. The highest BCUT2D eigenvalue weighted by Gasteiger charge is 2.50. The van der Waals surface area contributed by atoms with E-state index in [1.807, 2.05) is 20.8 Å². The second-order valence-electron chi connectivity index (χ2n) is 7.96. The molecule has 1 rings (SSSR count). The molecule has 1 amide bonds. The summed E-state index contributed by atoms with van der Waals surface area (Å²) in [5.74, 6) is 0. The van der Waals surface area contributed by atoms with Gasteiger partial charge in [-0.15, -0.1) is 0 Å². The number of carbonyl (C=O) groups excluding carboxylic acids is 1. The molecule has 0 aromatic carbocycles. The third-order valence-corrected chi connectivity index (χ3v) is 4.09. The minimum absolute atomic E-state index is 0.121. The van der Waals surface area contributed by atoms with Crippen LogP contribution < -0.4 is 5.32 Å². The van der Waals surface area contributed by atoms with Crippen molar-refractivity contribution in [2.75, 3.05) is 6.54 Å². The average molecular weight is 313 g/mol. The first kappa shape index (κ1) is 19.3. The van der Waals surface area contributed by atoms with Gasteiger partial charge >= 0.3 is 13.2 Å². The van der Waals surface area contributed by atoms with E-state index >= 15 is 0 Å². The van der Waals surface area contributed by atoms with Gasteiger partial charge in [0.2, 0.25) is 0 Å². The molecular weight excluding hydrogens is 281 g/mol. The van der Waals surface area contributed by atoms with Gasteiger partial charge in [-0.2, -0.15) is 0 Å². The summed E-state index contributed by atoms with van der Waals surface area (Å²) >= 11 is 0. The lowest BCUT2D eigenvalue weighted by atomic mass is 9.82. The normalized spacial score (nSPS) is 20.0. The van der Waals surface area contributed by atoms with Gasteiger partial charge in [-0.05, 0) is 61.2 Å². The van der Waals surface area contributed by atoms with Gasteiger partial charge < -0.3 is 19.4 Å². The van der Waals surface area contributed by atoms with Crippen LogP contribution in [0.25, 0.3) is 0 Å². The third kappa shape index (κ3) is 6.17. The number of unbranched alkanes of at least 4 members (excludes halogenated alkanes) is 2. The molecule has 0 aliphatic carbocycles. The van der Waals surface area contributed by atoms with Gasteiger partial charge in [0.1, 0.15) is 5.60 Å². The van der Waals surface area contributed by atoms with Crippen molar-refractivity contribution >= 4 is 13.2 Å². The summed E-state index contributed by atoms with van der Waals surface area (Å²) in [5.41, 5.74) is -0.952. The first-order chi connectivity index (χ1) is 9.93. The average Bonchev–Trinajstić information content (AvgIpc) is 2.49. The topological polar surface area (TPSA) is 56.8 Å². The molecule has 1 aliphatic rings. The van der Waals surface area contributed by atoms with Crippen LogP contribution in [0.5, 0.6) is 0 Å². The van der Waals surface area contributed by atoms with Crippen LogP contribution in [-0.2, 0) is 14.0 Å². The van der Waals surface area contributed by atoms with Gasteiger partial charge in [0, 0.05) is 6.54 Å². The summed E-state index contributed by atoms with van der Waals surface area (Å²) in [7, 11) is -0.121. The Morgan fingerprint density at radius 1 is 1.05 bits per heavy atom. The Labute approximate surface area is 135 Å². The largest absolute Gasteiger partial charge is 0.457 e. The molecule has 5 nitrogen and oxygen atoms in total. The fourth-order valence-corrected chi connectivity index (χ4v) is 2.20. The SMILES string of the molecule is CC(C)(C)OC(=O)NCCCCCB1OC(C)(C)C(C)(C)O1. The van der Waals surface area contributed by atoms with Gasteiger partial charge in [-0.1, -0.05) is 12.8 Å². The van der Waals surface area contributed by atoms with E-state index in [0.29, 0.717) is 6.54 Å². The molecule has 1 fully saturated rings. The van der Waals surface area contributed by atoms with Crippen molar-refractivity contribution in [3.05, 3.63) is 0 Å². The van der Waals surface area contributed by atoms with Gasteiger partial charge in [0.15, 0.2) is 0 Å². The fourth-order valence-electron chi connectivity index (χ4n) is 2.20. The lowest BCUT2D eigenvalue weighted by molar-refractivity contribution is 0.00578. The highest BCUT2D eigenvalue weighted by atomic mass is 16.7. The van der Waals surface area contributed by atoms with E-state index in [2.05, 4.69) is 33.0 Å². The van der Waals surface area contributed by atoms with E-state index in [0.717, 1.165) is 25.6 Å². The fraction of sp³-hybridized carbons (Fsp3) is 0.938. The Hall–Kier alpha value is -0.745. The van der Waals surface area contributed by atoms with Gasteiger partial charge in [-0.3, -0.25) is 0 Å². The molecule has 0 aromatic heterocycles. The van der Waals surface area contributed by atoms with Crippen LogP contribution in [0.2, 0.25) is 6.32 Å². The van der Waals surface area contributed by atoms with Crippen molar-refractivity contribution < 1.29 is 18.8 Å². The highest BCUT2D eigenvalue weighted by molar-refractivity contribution is 6.45. The molecule has 0 spiro atoms. The number of nitrogens with one attached hydrogen (secondary N) is 1. The zero-order chi connectivity index (χ0) is 17.0. The standard InChI is InChI=1S/C16H32BNO4/c1-14(2,3)20-13(19)18-12-10-8-9-11-17-21-15(4,5)16(6,7)22-17/h8-12H2,1-7H3,(H,18,19). The molecule has 0 atom stereocenters. The van der Waals surface area contributed by atoms with E-state index < -0.39 is 5.60 Å². The quantitative estimate of drug-likeness (QED) is 0.599. The molecule has 1 saturated heterocycles. The van der Waals surface area contributed by atoms with Crippen LogP contribution in [0.15, 0.2) is 0 Å². The second kappa shape index (κ2) is 7.22. The van der Waals surface area contributed by atoms with Crippen molar-refractivity contribution in [1.82, 2.24) is 5.32 Å². The number of carbonyl (C=O) groups is 1. The summed E-state index contributed by atoms with van der Waals surface area (Å²) < 4.78 is 17.1. The van der Waals surface area contributed by atoms with E-state index in [9.17, 15) is 4.79 Å². The van der Waals surface area contributed by atoms with Crippen LogP contribution in [0.1, 0.15) is 67.7 Å². The van der Waals surface area contributed by atoms with Gasteiger partial charge in [0.25, 0.3) is 0 Å². The maximum atomic E-state index is 11.5. The van der Waals surface area contributed by atoms with Gasteiger partial charge in [0.05, 0.1) is 11.2 Å². The predicted molar refractivity (Wildman–Crippen MR) is 89.0 cm³/mol. The summed E-state index contributed by atoms with van der Waals surface area (Å²) in [5, 5.41) is 2.77. The minimum atomic E-state index is -0.444. The van der Waals surface area contributed by atoms with Crippen molar-refractivity contribution in [2.45, 2.75) is 90.9 Å². The van der Waals surface area contributed by atoms with Crippen molar-refractivity contribution in [3.63, 3.8) is 0 Å². The predicted octanol–water partition coefficient (Wildman–Crippen LogP) is 3.77. The number of amides is 1. The van der Waals surface area contributed by atoms with Crippen LogP contribution >= 0.6 is 0 Å². The summed E-state index contributed by atoms with van der Waals surface area (Å²) in [4.78, 5) is 11.5. The van der Waals surface area contributed by atoms with Gasteiger partial charge in [-0.25, -0.2) is 4.79 Å². The molecule has 1 N–H and O–H groups in total. The number of ether oxygens (including phenoxy) is 1. The Kier molecular flexibility index (Phi) is 6.33. The third-order valence-electron chi connectivity index (χ3n) is 4.09. The number of hydrogen-bond acceptors (Lipinski definition) is 4. The van der Waals surface area contributed by atoms with E-state index in [-0.39, 0.29) is 24.4 Å². The molecule has 0 saturated carbocycles. The lowest BCUT2D eigenvalue weighted by Crippen LogP contribution is -2.41. The number of hydrogen-bond donors (Lipinski definition) is 1. The second-order valence-corrected chi connectivity index (χ2v) is 7.96. The summed E-state index contributed by atoms with van der Waals surface area (Å²) in [6.45, 7) is 14.5. The first-order valence-electron chi connectivity index (χ1n) is 8.25. The maximum Gasteiger partial charge on any atom is 0.457 e. The Morgan fingerprint density at radius 3 is 2.09 bits per heavy atom. The van der Waals surface area contributed by atoms with E-state index in [1.165, 1.54) is 0 Å². The Bertz CT molecular complexity index is 361. The summed E-state index contributed by atoms with van der Waals surface area (Å²) in [6, 6.07) is 0. The van der Waals surface area contributed by atoms with Crippen molar-refractivity contribution in [1.29, 1.82) is 0 Å². The molecular formula is C16H32BNO4. The Morgan fingerprint density at radius 2 is 1.59 bits per heavy atom. The van der Waals surface area contributed by atoms with Crippen LogP contribution in [0, 0.1) is 0 Å². The monoisotopic (exact) mass is 313 g/mol. The zero-order valence-electron chi connectivity index (χ0n) is 15.2. The zero-order valence-corrected chi connectivity index (χ0v) is 15.2. The molecule has 0 bridgehead atoms. The van der Waals surface area contributed by atoms with E-state index in [4.69, 9.17) is 14.0 Å². The molecule has 128 valence electrons. The van der Waals surface area contributed by atoms with Crippen molar-refractivity contribution in [3.8, 4) is 0 Å². The highest BCUT2D eigenvalue weighted by Crippen LogP contribution is 2.38. The smallest absolute Gasteiger partial charge is 0.444 e. The molecule has 0 unspecified atom stereocenters. The molecule has 6 heteroatoms. The molecule has 0 radical (unpaired) electrons. The number of alkyl carbamates (subject to hydrolysis) is 1. The summed E-state index contributed by atoms with van der Waals surface area (Å²) in [6.07, 6.45) is 3.52. The maximum absolute atomic E-state index is 11.5. The molecule has 1 heterocycles. The lowest BCUT2D eigenvalue weighted by Gasteiger charge is -2.32. The Balaban J connectivity index is 2.09. The molecule has 0 aromatic rings. The first-order valence-corrected chi connectivity index (χ1v) is 8.25. The van der Waals surface area contributed by atoms with Crippen LogP contribution in [-0.4, -0.2) is 36.6 Å². The van der Waals surface area contributed by atoms with Crippen molar-refractivity contribution in [2.24, 2.45) is 0 Å². The molecule has 22 heavy (non-hydrogen) atoms. The minimum Gasteiger partial charge on any atom is -0.444 e. The van der Waals surface area contributed by atoms with Crippen LogP contribution in [0.3, 0.4) is 0 Å². The van der Waals surface area contributed by atoms with E-state index in [1.54, 1.807) is 0 Å².